The van der Waals surface area contributed by atoms with Crippen LogP contribution in [0.2, 0.25) is 4.34 Å². The summed E-state index contributed by atoms with van der Waals surface area (Å²) in [5.74, 6) is 0.351. The van der Waals surface area contributed by atoms with Crippen molar-refractivity contribution in [3.63, 3.8) is 0 Å². The van der Waals surface area contributed by atoms with Crippen LogP contribution in [0.4, 0.5) is 0 Å². The summed E-state index contributed by atoms with van der Waals surface area (Å²) in [5, 5.41) is 12.5. The van der Waals surface area contributed by atoms with Gasteiger partial charge in [0, 0.05) is 11.4 Å². The molecule has 1 unspecified atom stereocenters. The quantitative estimate of drug-likeness (QED) is 0.862. The standard InChI is InChI=1S/C14H14ClNO3S/c15-13-7-6-12(20-13)11(17)8-16-14(18)9-19-10-4-2-1-3-5-10/h1-7,11,17H,8-9H2,(H,16,18). The van der Waals surface area contributed by atoms with Crippen LogP contribution in [0, 0.1) is 0 Å². The fraction of sp³-hybridized carbons (Fsp3) is 0.214. The second-order valence-electron chi connectivity index (χ2n) is 4.06. The molecule has 2 aromatic rings. The van der Waals surface area contributed by atoms with E-state index in [0.29, 0.717) is 10.1 Å². The first kappa shape index (κ1) is 14.8. The van der Waals surface area contributed by atoms with Crippen LogP contribution in [0.1, 0.15) is 11.0 Å². The van der Waals surface area contributed by atoms with Gasteiger partial charge in [0.05, 0.1) is 4.34 Å². The van der Waals surface area contributed by atoms with Gasteiger partial charge < -0.3 is 15.2 Å². The van der Waals surface area contributed by atoms with Gasteiger partial charge in [-0.15, -0.1) is 11.3 Å². The summed E-state index contributed by atoms with van der Waals surface area (Å²) < 4.78 is 5.91. The first-order valence-corrected chi connectivity index (χ1v) is 7.22. The zero-order chi connectivity index (χ0) is 14.4. The van der Waals surface area contributed by atoms with E-state index in [1.54, 1.807) is 24.3 Å². The third-order valence-electron chi connectivity index (χ3n) is 2.53. The highest BCUT2D eigenvalue weighted by molar-refractivity contribution is 7.16. The number of benzene rings is 1. The zero-order valence-corrected chi connectivity index (χ0v) is 12.2. The van der Waals surface area contributed by atoms with Crippen LogP contribution >= 0.6 is 22.9 Å². The lowest BCUT2D eigenvalue weighted by Crippen LogP contribution is -2.32. The van der Waals surface area contributed by atoms with Crippen LogP contribution in [0.15, 0.2) is 42.5 Å². The number of para-hydroxylation sites is 1. The van der Waals surface area contributed by atoms with E-state index in [2.05, 4.69) is 5.32 Å². The number of amides is 1. The molecule has 0 fully saturated rings. The van der Waals surface area contributed by atoms with Crippen molar-refractivity contribution in [3.05, 3.63) is 51.7 Å². The van der Waals surface area contributed by atoms with E-state index in [-0.39, 0.29) is 19.1 Å². The van der Waals surface area contributed by atoms with E-state index in [9.17, 15) is 9.90 Å². The maximum absolute atomic E-state index is 11.6. The molecule has 0 aliphatic rings. The molecule has 0 saturated carbocycles. The minimum atomic E-state index is -0.756. The van der Waals surface area contributed by atoms with Crippen molar-refractivity contribution in [1.82, 2.24) is 5.32 Å². The van der Waals surface area contributed by atoms with Gasteiger partial charge in [-0.05, 0) is 24.3 Å². The van der Waals surface area contributed by atoms with E-state index in [0.717, 1.165) is 4.88 Å². The lowest BCUT2D eigenvalue weighted by Gasteiger charge is -2.11. The van der Waals surface area contributed by atoms with Gasteiger partial charge in [0.25, 0.3) is 5.91 Å². The van der Waals surface area contributed by atoms with Gasteiger partial charge in [-0.2, -0.15) is 0 Å². The zero-order valence-electron chi connectivity index (χ0n) is 10.6. The maximum atomic E-state index is 11.6. The Kier molecular flexibility index (Phi) is 5.40. The fourth-order valence-corrected chi connectivity index (χ4v) is 2.58. The van der Waals surface area contributed by atoms with Crippen LogP contribution in [0.3, 0.4) is 0 Å². The summed E-state index contributed by atoms with van der Waals surface area (Å²) >= 11 is 7.08. The van der Waals surface area contributed by atoms with Gasteiger partial charge in [0.1, 0.15) is 11.9 Å². The van der Waals surface area contributed by atoms with Crippen molar-refractivity contribution in [1.29, 1.82) is 0 Å². The highest BCUT2D eigenvalue weighted by Crippen LogP contribution is 2.26. The highest BCUT2D eigenvalue weighted by Gasteiger charge is 2.12. The van der Waals surface area contributed by atoms with Gasteiger partial charge in [-0.1, -0.05) is 29.8 Å². The molecule has 0 saturated heterocycles. The van der Waals surface area contributed by atoms with Crippen molar-refractivity contribution in [2.24, 2.45) is 0 Å². The molecular weight excluding hydrogens is 298 g/mol. The van der Waals surface area contributed by atoms with Crippen molar-refractivity contribution < 1.29 is 14.6 Å². The smallest absolute Gasteiger partial charge is 0.258 e. The number of hydrogen-bond acceptors (Lipinski definition) is 4. The molecule has 4 nitrogen and oxygen atoms in total. The number of hydrogen-bond donors (Lipinski definition) is 2. The number of carbonyl (C=O) groups excluding carboxylic acids is 1. The third kappa shape index (κ3) is 4.52. The van der Waals surface area contributed by atoms with Crippen LogP contribution in [-0.4, -0.2) is 24.2 Å². The molecule has 6 heteroatoms. The van der Waals surface area contributed by atoms with Crippen LogP contribution in [-0.2, 0) is 4.79 Å². The molecule has 0 aliphatic heterocycles. The Morgan fingerprint density at radius 3 is 2.70 bits per heavy atom. The molecule has 0 bridgehead atoms. The summed E-state index contributed by atoms with van der Waals surface area (Å²) in [7, 11) is 0. The number of thiophene rings is 1. The second-order valence-corrected chi connectivity index (χ2v) is 5.81. The second kappa shape index (κ2) is 7.28. The number of aliphatic hydroxyl groups excluding tert-OH is 1. The van der Waals surface area contributed by atoms with E-state index in [1.807, 2.05) is 18.2 Å². The number of rotatable bonds is 6. The summed E-state index contributed by atoms with van der Waals surface area (Å²) in [6.45, 7) is 0.0513. The van der Waals surface area contributed by atoms with E-state index in [1.165, 1.54) is 11.3 Å². The van der Waals surface area contributed by atoms with Crippen LogP contribution in [0.5, 0.6) is 5.75 Å². The molecule has 1 heterocycles. The monoisotopic (exact) mass is 311 g/mol. The fourth-order valence-electron chi connectivity index (χ4n) is 1.54. The molecule has 0 radical (unpaired) electrons. The summed E-state index contributed by atoms with van der Waals surface area (Å²) in [6.07, 6.45) is -0.756. The van der Waals surface area contributed by atoms with Gasteiger partial charge in [-0.25, -0.2) is 0 Å². The van der Waals surface area contributed by atoms with Gasteiger partial charge >= 0.3 is 0 Å². The summed E-state index contributed by atoms with van der Waals surface area (Å²) in [6, 6.07) is 12.5. The Bertz CT molecular complexity index is 559. The Hall–Kier alpha value is -1.56. The Morgan fingerprint density at radius 1 is 1.30 bits per heavy atom. The van der Waals surface area contributed by atoms with Crippen molar-refractivity contribution in [2.45, 2.75) is 6.10 Å². The minimum Gasteiger partial charge on any atom is -0.484 e. The molecule has 1 amide bonds. The Labute approximate surface area is 126 Å². The van der Waals surface area contributed by atoms with Gasteiger partial charge in [0.2, 0.25) is 0 Å². The Balaban J connectivity index is 1.72. The minimum absolute atomic E-state index is 0.0814. The molecule has 20 heavy (non-hydrogen) atoms. The SMILES string of the molecule is O=C(COc1ccccc1)NCC(O)c1ccc(Cl)s1. The first-order chi connectivity index (χ1) is 9.65. The largest absolute Gasteiger partial charge is 0.484 e. The molecular formula is C14H14ClNO3S. The lowest BCUT2D eigenvalue weighted by molar-refractivity contribution is -0.123. The molecule has 1 aromatic carbocycles. The molecule has 0 aliphatic carbocycles. The molecule has 1 atom stereocenters. The molecule has 106 valence electrons. The summed E-state index contributed by atoms with van der Waals surface area (Å²) in [4.78, 5) is 12.3. The average Bonchev–Trinajstić information content (AvgIpc) is 2.90. The molecule has 2 rings (SSSR count). The lowest BCUT2D eigenvalue weighted by atomic mass is 10.3. The average molecular weight is 312 g/mol. The Morgan fingerprint density at radius 2 is 2.05 bits per heavy atom. The third-order valence-corrected chi connectivity index (χ3v) is 3.86. The van der Waals surface area contributed by atoms with Gasteiger partial charge in [-0.3, -0.25) is 4.79 Å². The topological polar surface area (TPSA) is 58.6 Å². The first-order valence-electron chi connectivity index (χ1n) is 6.03. The number of halogens is 1. The molecule has 0 spiro atoms. The number of aliphatic hydroxyl groups is 1. The van der Waals surface area contributed by atoms with E-state index >= 15 is 0 Å². The van der Waals surface area contributed by atoms with Crippen LogP contribution < -0.4 is 10.1 Å². The predicted molar refractivity (Wildman–Crippen MR) is 79.2 cm³/mol. The number of nitrogens with one attached hydrogen (secondary N) is 1. The van der Waals surface area contributed by atoms with Crippen molar-refractivity contribution in [3.8, 4) is 5.75 Å². The van der Waals surface area contributed by atoms with Crippen LogP contribution in [0.25, 0.3) is 0 Å². The van der Waals surface area contributed by atoms with Gasteiger partial charge in [0.15, 0.2) is 6.61 Å². The maximum Gasteiger partial charge on any atom is 0.258 e. The normalized spacial score (nSPS) is 11.9. The molecule has 2 N–H and O–H groups in total. The van der Waals surface area contributed by atoms with Crippen molar-refractivity contribution in [2.75, 3.05) is 13.2 Å². The van der Waals surface area contributed by atoms with Crippen molar-refractivity contribution >= 4 is 28.8 Å². The number of carbonyl (C=O) groups is 1. The molecule has 1 aromatic heterocycles. The summed E-state index contributed by atoms with van der Waals surface area (Å²) in [5.41, 5.74) is 0. The van der Waals surface area contributed by atoms with E-state index in [4.69, 9.17) is 16.3 Å². The van der Waals surface area contributed by atoms with E-state index < -0.39 is 6.10 Å². The predicted octanol–water partition coefficient (Wildman–Crippen LogP) is 2.63. The number of ether oxygens (including phenoxy) is 1. The highest BCUT2D eigenvalue weighted by atomic mass is 35.5.